The zero-order chi connectivity index (χ0) is 17.4. The average Bonchev–Trinajstić information content (AvgIpc) is 2.59. The van der Waals surface area contributed by atoms with E-state index in [2.05, 4.69) is 17.3 Å². The topological polar surface area (TPSA) is 44.8 Å². The Bertz CT molecular complexity index is 519. The first kappa shape index (κ1) is 18.7. The number of likely N-dealkylation sites (tertiary alicyclic amines) is 1. The van der Waals surface area contributed by atoms with Crippen LogP contribution in [0.1, 0.15) is 18.4 Å². The third-order valence-electron chi connectivity index (χ3n) is 4.55. The van der Waals surface area contributed by atoms with Gasteiger partial charge in [-0.2, -0.15) is 0 Å². The van der Waals surface area contributed by atoms with Crippen LogP contribution >= 0.6 is 0 Å². The summed E-state index contributed by atoms with van der Waals surface area (Å²) in [6, 6.07) is 6.40. The van der Waals surface area contributed by atoms with Crippen molar-refractivity contribution in [3.05, 3.63) is 35.6 Å². The third kappa shape index (κ3) is 5.76. The van der Waals surface area contributed by atoms with Crippen molar-refractivity contribution in [1.29, 1.82) is 0 Å². The van der Waals surface area contributed by atoms with Crippen LogP contribution < -0.4 is 5.32 Å². The predicted octanol–water partition coefficient (Wildman–Crippen LogP) is 2.33. The summed E-state index contributed by atoms with van der Waals surface area (Å²) in [6.07, 6.45) is 2.20. The summed E-state index contributed by atoms with van der Waals surface area (Å²) in [5.74, 6) is 0.228. The quantitative estimate of drug-likeness (QED) is 0.830. The fourth-order valence-corrected chi connectivity index (χ4v) is 2.90. The van der Waals surface area contributed by atoms with Crippen molar-refractivity contribution in [2.45, 2.75) is 19.4 Å². The van der Waals surface area contributed by atoms with E-state index in [0.717, 1.165) is 25.9 Å². The number of benzene rings is 1. The molecule has 1 heterocycles. The number of amides is 2. The maximum atomic E-state index is 13.9. The highest BCUT2D eigenvalue weighted by atomic mass is 19.1. The Morgan fingerprint density at radius 2 is 2.08 bits per heavy atom. The number of carbonyl (C=O) groups is 1. The van der Waals surface area contributed by atoms with Gasteiger partial charge in [0.05, 0.1) is 13.2 Å². The number of rotatable bonds is 7. The van der Waals surface area contributed by atoms with E-state index in [-0.39, 0.29) is 18.4 Å². The highest BCUT2D eigenvalue weighted by Crippen LogP contribution is 2.15. The van der Waals surface area contributed by atoms with Gasteiger partial charge in [-0.25, -0.2) is 9.18 Å². The lowest BCUT2D eigenvalue weighted by atomic mass is 9.97. The molecule has 1 fully saturated rings. The summed E-state index contributed by atoms with van der Waals surface area (Å²) < 4.78 is 18.9. The van der Waals surface area contributed by atoms with E-state index >= 15 is 0 Å². The van der Waals surface area contributed by atoms with Crippen LogP contribution in [0.5, 0.6) is 0 Å². The Labute approximate surface area is 143 Å². The lowest BCUT2D eigenvalue weighted by Gasteiger charge is -2.30. The van der Waals surface area contributed by atoms with Crippen molar-refractivity contribution in [1.82, 2.24) is 15.1 Å². The highest BCUT2D eigenvalue weighted by Gasteiger charge is 2.20. The fraction of sp³-hybridized carbons (Fsp3) is 0.611. The standard InChI is InChI=1S/C18H28FN3O2/c1-21-9-7-15(8-10-21)13-20-18(23)22(11-12-24-2)14-16-5-3-4-6-17(16)19/h3-6,15H,7-14H2,1-2H3,(H,20,23). The van der Waals surface area contributed by atoms with Crippen molar-refractivity contribution in [2.24, 2.45) is 5.92 Å². The number of nitrogens with one attached hydrogen (secondary N) is 1. The number of ether oxygens (including phenoxy) is 1. The van der Waals surface area contributed by atoms with Gasteiger partial charge in [-0.15, -0.1) is 0 Å². The third-order valence-corrected chi connectivity index (χ3v) is 4.55. The van der Waals surface area contributed by atoms with Gasteiger partial charge in [-0.05, 0) is 45.0 Å². The molecule has 134 valence electrons. The molecule has 0 saturated carbocycles. The van der Waals surface area contributed by atoms with Gasteiger partial charge in [0.2, 0.25) is 0 Å². The molecular weight excluding hydrogens is 309 g/mol. The Morgan fingerprint density at radius 1 is 1.38 bits per heavy atom. The van der Waals surface area contributed by atoms with Crippen molar-refractivity contribution >= 4 is 6.03 Å². The molecule has 0 aromatic heterocycles. The fourth-order valence-electron chi connectivity index (χ4n) is 2.90. The first-order valence-corrected chi connectivity index (χ1v) is 8.53. The monoisotopic (exact) mass is 337 g/mol. The van der Waals surface area contributed by atoms with E-state index < -0.39 is 0 Å². The molecule has 1 aromatic carbocycles. The van der Waals surface area contributed by atoms with Crippen LogP contribution in [0.25, 0.3) is 0 Å². The molecular formula is C18H28FN3O2. The Balaban J connectivity index is 1.88. The van der Waals surface area contributed by atoms with Gasteiger partial charge in [0.1, 0.15) is 5.82 Å². The van der Waals surface area contributed by atoms with Crippen LogP contribution in [-0.4, -0.2) is 62.8 Å². The molecule has 24 heavy (non-hydrogen) atoms. The summed E-state index contributed by atoms with van der Waals surface area (Å²) in [5.41, 5.74) is 0.517. The Kier molecular flexibility index (Phi) is 7.46. The zero-order valence-corrected chi connectivity index (χ0v) is 14.6. The van der Waals surface area contributed by atoms with E-state index in [1.54, 1.807) is 30.2 Å². The molecule has 6 heteroatoms. The first-order valence-electron chi connectivity index (χ1n) is 8.53. The van der Waals surface area contributed by atoms with E-state index in [1.807, 2.05) is 0 Å². The molecule has 0 aliphatic carbocycles. The van der Waals surface area contributed by atoms with Gasteiger partial charge in [0, 0.05) is 25.8 Å². The van der Waals surface area contributed by atoms with Crippen LogP contribution in [0.15, 0.2) is 24.3 Å². The number of halogens is 1. The Morgan fingerprint density at radius 3 is 2.75 bits per heavy atom. The molecule has 0 bridgehead atoms. The van der Waals surface area contributed by atoms with Crippen molar-refractivity contribution < 1.29 is 13.9 Å². The van der Waals surface area contributed by atoms with Crippen LogP contribution in [-0.2, 0) is 11.3 Å². The molecule has 2 rings (SSSR count). The molecule has 0 spiro atoms. The lowest BCUT2D eigenvalue weighted by molar-refractivity contribution is 0.143. The number of piperidine rings is 1. The van der Waals surface area contributed by atoms with E-state index in [0.29, 0.717) is 31.2 Å². The number of nitrogens with zero attached hydrogens (tertiary/aromatic N) is 2. The number of carbonyl (C=O) groups excluding carboxylic acids is 1. The van der Waals surface area contributed by atoms with Crippen LogP contribution in [0, 0.1) is 11.7 Å². The van der Waals surface area contributed by atoms with Gasteiger partial charge >= 0.3 is 6.03 Å². The summed E-state index contributed by atoms with van der Waals surface area (Å²) in [6.45, 7) is 3.93. The van der Waals surface area contributed by atoms with Crippen molar-refractivity contribution in [3.8, 4) is 0 Å². The van der Waals surface area contributed by atoms with Gasteiger partial charge in [-0.1, -0.05) is 18.2 Å². The molecule has 0 radical (unpaired) electrons. The highest BCUT2D eigenvalue weighted by molar-refractivity contribution is 5.74. The summed E-state index contributed by atoms with van der Waals surface area (Å²) >= 11 is 0. The van der Waals surface area contributed by atoms with E-state index in [1.165, 1.54) is 6.07 Å². The molecule has 1 aliphatic rings. The molecule has 5 nitrogen and oxygen atoms in total. The van der Waals surface area contributed by atoms with Gasteiger partial charge in [-0.3, -0.25) is 0 Å². The van der Waals surface area contributed by atoms with Gasteiger partial charge < -0.3 is 19.9 Å². The molecule has 1 N–H and O–H groups in total. The minimum Gasteiger partial charge on any atom is -0.383 e. The molecule has 1 aromatic rings. The minimum atomic E-state index is -0.289. The largest absolute Gasteiger partial charge is 0.383 e. The first-order chi connectivity index (χ1) is 11.6. The molecule has 0 unspecified atom stereocenters. The minimum absolute atomic E-state index is 0.158. The average molecular weight is 337 g/mol. The SMILES string of the molecule is COCCN(Cc1ccccc1F)C(=O)NCC1CCN(C)CC1. The van der Waals surface area contributed by atoms with Gasteiger partial charge in [0.15, 0.2) is 0 Å². The summed E-state index contributed by atoms with van der Waals surface area (Å²) in [5, 5.41) is 3.01. The molecule has 1 aliphatic heterocycles. The van der Waals surface area contributed by atoms with Crippen LogP contribution in [0.4, 0.5) is 9.18 Å². The number of hydrogen-bond acceptors (Lipinski definition) is 3. The van der Waals surface area contributed by atoms with Crippen molar-refractivity contribution in [2.75, 3.05) is 46.9 Å². The Hall–Kier alpha value is -1.66. The number of urea groups is 1. The summed E-state index contributed by atoms with van der Waals surface area (Å²) in [4.78, 5) is 16.4. The predicted molar refractivity (Wildman–Crippen MR) is 92.3 cm³/mol. The maximum absolute atomic E-state index is 13.9. The van der Waals surface area contributed by atoms with Gasteiger partial charge in [0.25, 0.3) is 0 Å². The smallest absolute Gasteiger partial charge is 0.317 e. The second-order valence-corrected chi connectivity index (χ2v) is 6.44. The normalized spacial score (nSPS) is 16.1. The van der Waals surface area contributed by atoms with Crippen LogP contribution in [0.3, 0.4) is 0 Å². The van der Waals surface area contributed by atoms with E-state index in [9.17, 15) is 9.18 Å². The zero-order valence-electron chi connectivity index (χ0n) is 14.6. The lowest BCUT2D eigenvalue weighted by Crippen LogP contribution is -2.44. The van der Waals surface area contributed by atoms with Crippen LogP contribution in [0.2, 0.25) is 0 Å². The second-order valence-electron chi connectivity index (χ2n) is 6.44. The molecule has 2 amide bonds. The molecule has 0 atom stereocenters. The summed E-state index contributed by atoms with van der Waals surface area (Å²) in [7, 11) is 3.72. The van der Waals surface area contributed by atoms with Crippen molar-refractivity contribution in [3.63, 3.8) is 0 Å². The number of hydrogen-bond donors (Lipinski definition) is 1. The number of methoxy groups -OCH3 is 1. The van der Waals surface area contributed by atoms with E-state index in [4.69, 9.17) is 4.74 Å². The molecule has 1 saturated heterocycles. The second kappa shape index (κ2) is 9.59. The maximum Gasteiger partial charge on any atom is 0.317 e.